The van der Waals surface area contributed by atoms with Gasteiger partial charge in [-0.1, -0.05) is 12.5 Å². The number of nitrogens with zero attached hydrogens (tertiary/aromatic N) is 2. The fraction of sp³-hybridized carbons (Fsp3) is 0.471. The van der Waals surface area contributed by atoms with Gasteiger partial charge in [0.25, 0.3) is 5.91 Å². The predicted molar refractivity (Wildman–Crippen MR) is 87.9 cm³/mol. The van der Waals surface area contributed by atoms with Crippen LogP contribution in [0.15, 0.2) is 30.7 Å². The largest absolute Gasteiger partial charge is 0.376 e. The van der Waals surface area contributed by atoms with Crippen LogP contribution in [0.3, 0.4) is 0 Å². The van der Waals surface area contributed by atoms with Gasteiger partial charge in [-0.05, 0) is 38.8 Å². The maximum Gasteiger partial charge on any atom is 0.251 e. The number of aliphatic hydroxyl groups excluding tert-OH is 1. The summed E-state index contributed by atoms with van der Waals surface area (Å²) in [7, 11) is 0. The molecule has 6 heteroatoms. The lowest BCUT2D eigenvalue weighted by atomic mass is 9.91. The first-order chi connectivity index (χ1) is 11.0. The summed E-state index contributed by atoms with van der Waals surface area (Å²) in [5.74, 6) is -0.232. The van der Waals surface area contributed by atoms with Crippen molar-refractivity contribution >= 4 is 16.8 Å². The van der Waals surface area contributed by atoms with Crippen LogP contribution >= 0.6 is 0 Å². The highest BCUT2D eigenvalue weighted by atomic mass is 16.3. The Labute approximate surface area is 135 Å². The van der Waals surface area contributed by atoms with Gasteiger partial charge in [-0.15, -0.1) is 0 Å². The summed E-state index contributed by atoms with van der Waals surface area (Å²) in [5.41, 5.74) is 0.464. The van der Waals surface area contributed by atoms with Crippen molar-refractivity contribution in [1.82, 2.24) is 20.6 Å². The number of rotatable bonds is 5. The standard InChI is InChI=1S/C17H22N4O2/c1-17(2,16(23)20-13-4-3-5-13)21-15(22)11-6-7-12-9-18-10-19-14(12)8-11/h6-10,13,16,20,23H,3-5H2,1-2H3,(H,21,22). The van der Waals surface area contributed by atoms with Gasteiger partial charge in [-0.2, -0.15) is 0 Å². The second-order valence-electron chi connectivity index (χ2n) is 6.67. The maximum absolute atomic E-state index is 12.5. The van der Waals surface area contributed by atoms with Crippen LogP contribution in [0.2, 0.25) is 0 Å². The highest BCUT2D eigenvalue weighted by molar-refractivity contribution is 5.98. The van der Waals surface area contributed by atoms with Gasteiger partial charge < -0.3 is 10.4 Å². The Bertz CT molecular complexity index is 713. The molecule has 1 aromatic heterocycles. The first-order valence-electron chi connectivity index (χ1n) is 7.92. The van der Waals surface area contributed by atoms with E-state index in [1.54, 1.807) is 18.3 Å². The molecule has 1 heterocycles. The summed E-state index contributed by atoms with van der Waals surface area (Å²) in [6, 6.07) is 5.63. The van der Waals surface area contributed by atoms with E-state index < -0.39 is 11.8 Å². The molecular formula is C17H22N4O2. The van der Waals surface area contributed by atoms with Crippen LogP contribution < -0.4 is 10.6 Å². The molecule has 0 bridgehead atoms. The highest BCUT2D eigenvalue weighted by Gasteiger charge is 2.32. The Balaban J connectivity index is 1.70. The van der Waals surface area contributed by atoms with Crippen LogP contribution in [-0.4, -0.2) is 38.8 Å². The molecule has 3 N–H and O–H groups in total. The zero-order valence-electron chi connectivity index (χ0n) is 13.4. The van der Waals surface area contributed by atoms with E-state index in [9.17, 15) is 9.90 Å². The first-order valence-corrected chi connectivity index (χ1v) is 7.92. The zero-order valence-corrected chi connectivity index (χ0v) is 13.4. The highest BCUT2D eigenvalue weighted by Crippen LogP contribution is 2.21. The van der Waals surface area contributed by atoms with Gasteiger partial charge in [-0.25, -0.2) is 9.97 Å². The molecule has 1 atom stereocenters. The van der Waals surface area contributed by atoms with Gasteiger partial charge in [0.1, 0.15) is 12.6 Å². The van der Waals surface area contributed by atoms with E-state index >= 15 is 0 Å². The molecule has 2 aromatic rings. The molecule has 1 unspecified atom stereocenters. The van der Waals surface area contributed by atoms with Crippen molar-refractivity contribution in [3.63, 3.8) is 0 Å². The van der Waals surface area contributed by atoms with Crippen molar-refractivity contribution in [3.8, 4) is 0 Å². The van der Waals surface area contributed by atoms with Crippen LogP contribution in [0.1, 0.15) is 43.5 Å². The molecule has 1 fully saturated rings. The number of amides is 1. The summed E-state index contributed by atoms with van der Waals surface area (Å²) in [6.07, 6.45) is 5.72. The molecule has 1 aromatic carbocycles. The molecule has 1 amide bonds. The monoisotopic (exact) mass is 314 g/mol. The lowest BCUT2D eigenvalue weighted by Gasteiger charge is -2.37. The third-order valence-corrected chi connectivity index (χ3v) is 4.39. The third-order valence-electron chi connectivity index (χ3n) is 4.39. The number of benzene rings is 1. The van der Waals surface area contributed by atoms with Crippen LogP contribution in [0.5, 0.6) is 0 Å². The van der Waals surface area contributed by atoms with Crippen LogP contribution in [-0.2, 0) is 0 Å². The van der Waals surface area contributed by atoms with Crippen molar-refractivity contribution in [2.75, 3.05) is 0 Å². The molecule has 1 aliphatic carbocycles. The minimum Gasteiger partial charge on any atom is -0.376 e. The normalized spacial score (nSPS) is 16.8. The summed E-state index contributed by atoms with van der Waals surface area (Å²) in [4.78, 5) is 20.6. The van der Waals surface area contributed by atoms with E-state index in [-0.39, 0.29) is 5.91 Å². The average molecular weight is 314 g/mol. The fourth-order valence-corrected chi connectivity index (χ4v) is 2.55. The summed E-state index contributed by atoms with van der Waals surface area (Å²) < 4.78 is 0. The minimum atomic E-state index is -0.792. The molecule has 3 rings (SSSR count). The molecule has 1 saturated carbocycles. The topological polar surface area (TPSA) is 87.1 Å². The van der Waals surface area contributed by atoms with Crippen molar-refractivity contribution in [3.05, 3.63) is 36.3 Å². The molecule has 6 nitrogen and oxygen atoms in total. The van der Waals surface area contributed by atoms with Gasteiger partial charge in [0.15, 0.2) is 0 Å². The van der Waals surface area contributed by atoms with E-state index in [0.717, 1.165) is 23.7 Å². The van der Waals surface area contributed by atoms with E-state index in [2.05, 4.69) is 20.6 Å². The number of hydrogen-bond donors (Lipinski definition) is 3. The van der Waals surface area contributed by atoms with E-state index in [4.69, 9.17) is 0 Å². The third kappa shape index (κ3) is 3.48. The van der Waals surface area contributed by atoms with E-state index in [0.29, 0.717) is 11.6 Å². The number of nitrogens with one attached hydrogen (secondary N) is 2. The molecule has 0 spiro atoms. The summed E-state index contributed by atoms with van der Waals surface area (Å²) in [5, 5.41) is 17.3. The van der Waals surface area contributed by atoms with Gasteiger partial charge in [-0.3, -0.25) is 10.1 Å². The van der Waals surface area contributed by atoms with E-state index in [1.165, 1.54) is 12.7 Å². The Morgan fingerprint density at radius 1 is 1.39 bits per heavy atom. The number of carbonyl (C=O) groups is 1. The Morgan fingerprint density at radius 2 is 2.17 bits per heavy atom. The maximum atomic E-state index is 12.5. The predicted octanol–water partition coefficient (Wildman–Crippen LogP) is 1.60. The lowest BCUT2D eigenvalue weighted by Crippen LogP contribution is -2.60. The minimum absolute atomic E-state index is 0.232. The molecule has 1 aliphatic rings. The number of aromatic nitrogens is 2. The number of aliphatic hydroxyl groups is 1. The van der Waals surface area contributed by atoms with Crippen LogP contribution in [0, 0.1) is 0 Å². The lowest BCUT2D eigenvalue weighted by molar-refractivity contribution is 0.0282. The zero-order chi connectivity index (χ0) is 16.4. The smallest absolute Gasteiger partial charge is 0.251 e. The SMILES string of the molecule is CC(C)(NC(=O)c1ccc2cncnc2c1)C(O)NC1CCC1. The number of hydrogen-bond acceptors (Lipinski definition) is 5. The second kappa shape index (κ2) is 6.22. The summed E-state index contributed by atoms with van der Waals surface area (Å²) in [6.45, 7) is 3.62. The van der Waals surface area contributed by atoms with E-state index in [1.807, 2.05) is 19.9 Å². The molecule has 0 saturated heterocycles. The number of fused-ring (bicyclic) bond motifs is 1. The van der Waals surface area contributed by atoms with Crippen LogP contribution in [0.4, 0.5) is 0 Å². The Morgan fingerprint density at radius 3 is 2.87 bits per heavy atom. The second-order valence-corrected chi connectivity index (χ2v) is 6.67. The molecular weight excluding hydrogens is 292 g/mol. The molecule has 0 radical (unpaired) electrons. The fourth-order valence-electron chi connectivity index (χ4n) is 2.55. The molecule has 23 heavy (non-hydrogen) atoms. The number of carbonyl (C=O) groups excluding carboxylic acids is 1. The first kappa shape index (κ1) is 15.8. The average Bonchev–Trinajstić information content (AvgIpc) is 2.49. The van der Waals surface area contributed by atoms with Crippen molar-refractivity contribution in [2.24, 2.45) is 0 Å². The Hall–Kier alpha value is -2.05. The van der Waals surface area contributed by atoms with Gasteiger partial charge in [0, 0.05) is 23.2 Å². The van der Waals surface area contributed by atoms with Gasteiger partial charge in [0.05, 0.1) is 11.1 Å². The Kier molecular flexibility index (Phi) is 4.28. The van der Waals surface area contributed by atoms with Crippen molar-refractivity contribution in [2.45, 2.75) is 50.9 Å². The molecule has 0 aliphatic heterocycles. The molecule has 122 valence electrons. The van der Waals surface area contributed by atoms with Gasteiger partial charge in [0.2, 0.25) is 0 Å². The summed E-state index contributed by atoms with van der Waals surface area (Å²) >= 11 is 0. The van der Waals surface area contributed by atoms with Crippen molar-refractivity contribution in [1.29, 1.82) is 0 Å². The quantitative estimate of drug-likeness (QED) is 0.730. The van der Waals surface area contributed by atoms with Gasteiger partial charge >= 0.3 is 0 Å². The van der Waals surface area contributed by atoms with Crippen LogP contribution in [0.25, 0.3) is 10.9 Å². The van der Waals surface area contributed by atoms with Crippen molar-refractivity contribution < 1.29 is 9.90 Å².